The molecule has 0 saturated heterocycles. The first kappa shape index (κ1) is 20.6. The Bertz CT molecular complexity index is 865. The number of hydrogen-bond acceptors (Lipinski definition) is 4. The number of rotatable bonds is 6. The van der Waals surface area contributed by atoms with Gasteiger partial charge in [0, 0.05) is 16.1 Å². The molecule has 27 heavy (non-hydrogen) atoms. The lowest BCUT2D eigenvalue weighted by Crippen LogP contribution is -2.11. The summed E-state index contributed by atoms with van der Waals surface area (Å²) in [5.41, 5.74) is -0.233. The van der Waals surface area contributed by atoms with Crippen molar-refractivity contribution in [3.8, 4) is 16.9 Å². The number of aliphatic carboxylic acids is 1. The molecule has 1 N–H and O–H groups in total. The monoisotopic (exact) mass is 402 g/mol. The number of carbonyl (C=O) groups is 2. The van der Waals surface area contributed by atoms with Crippen LogP contribution in [0, 0.1) is 0 Å². The fourth-order valence-electron chi connectivity index (χ4n) is 2.31. The van der Waals surface area contributed by atoms with Crippen molar-refractivity contribution in [2.24, 2.45) is 0 Å². The third kappa shape index (κ3) is 5.37. The molecule has 2 aromatic rings. The molecule has 0 radical (unpaired) electrons. The van der Waals surface area contributed by atoms with E-state index in [1.807, 2.05) is 0 Å². The topological polar surface area (TPSA) is 72.8 Å². The van der Waals surface area contributed by atoms with Crippen molar-refractivity contribution in [1.29, 1.82) is 0 Å². The van der Waals surface area contributed by atoms with E-state index in [4.69, 9.17) is 21.4 Å². The summed E-state index contributed by atoms with van der Waals surface area (Å²) in [5.74, 6) is -1.84. The predicted molar refractivity (Wildman–Crippen MR) is 90.7 cm³/mol. The van der Waals surface area contributed by atoms with Crippen LogP contribution in [-0.2, 0) is 26.9 Å². The van der Waals surface area contributed by atoms with Gasteiger partial charge in [-0.25, -0.2) is 4.79 Å². The largest absolute Gasteiger partial charge is 0.481 e. The first-order chi connectivity index (χ1) is 12.6. The Hall–Kier alpha value is -2.74. The van der Waals surface area contributed by atoms with Crippen LogP contribution in [-0.4, -0.2) is 30.8 Å². The number of halogens is 4. The minimum Gasteiger partial charge on any atom is -0.481 e. The van der Waals surface area contributed by atoms with Gasteiger partial charge in [-0.3, -0.25) is 4.79 Å². The smallest absolute Gasteiger partial charge is 0.416 e. The molecule has 0 aromatic heterocycles. The maximum Gasteiger partial charge on any atom is 0.416 e. The van der Waals surface area contributed by atoms with E-state index in [0.29, 0.717) is 5.56 Å². The van der Waals surface area contributed by atoms with E-state index in [1.54, 1.807) is 0 Å². The number of benzene rings is 2. The van der Waals surface area contributed by atoms with E-state index < -0.39 is 30.3 Å². The maximum atomic E-state index is 13.1. The number of alkyl halides is 3. The summed E-state index contributed by atoms with van der Waals surface area (Å²) < 4.78 is 48.8. The minimum absolute atomic E-state index is 0.0132. The summed E-state index contributed by atoms with van der Waals surface area (Å²) in [5, 5.41) is 8.82. The lowest BCUT2D eigenvalue weighted by molar-refractivity contribution is -0.140. The highest BCUT2D eigenvalue weighted by Crippen LogP contribution is 2.40. The van der Waals surface area contributed by atoms with Crippen molar-refractivity contribution >= 4 is 23.5 Å². The van der Waals surface area contributed by atoms with Gasteiger partial charge in [-0.2, -0.15) is 13.2 Å². The van der Waals surface area contributed by atoms with E-state index in [9.17, 15) is 22.8 Å². The molecule has 0 atom stereocenters. The summed E-state index contributed by atoms with van der Waals surface area (Å²) in [4.78, 5) is 22.1. The number of carboxylic acids is 1. The summed E-state index contributed by atoms with van der Waals surface area (Å²) in [7, 11) is 1.23. The van der Waals surface area contributed by atoms with Crippen molar-refractivity contribution < 1.29 is 37.3 Å². The van der Waals surface area contributed by atoms with Crippen molar-refractivity contribution in [1.82, 2.24) is 0 Å². The molecule has 0 aliphatic carbocycles. The highest BCUT2D eigenvalue weighted by molar-refractivity contribution is 6.33. The lowest BCUT2D eigenvalue weighted by Gasteiger charge is -2.15. The van der Waals surface area contributed by atoms with Crippen molar-refractivity contribution in [2.75, 3.05) is 13.7 Å². The molecular weight excluding hydrogens is 389 g/mol. The number of ether oxygens (including phenoxy) is 2. The molecule has 9 heteroatoms. The number of esters is 1. The zero-order valence-electron chi connectivity index (χ0n) is 14.0. The number of hydrogen-bond donors (Lipinski definition) is 1. The second kappa shape index (κ2) is 8.30. The molecule has 0 bridgehead atoms. The molecule has 2 aromatic carbocycles. The maximum absolute atomic E-state index is 13.1. The van der Waals surface area contributed by atoms with Gasteiger partial charge in [-0.1, -0.05) is 23.7 Å². The van der Waals surface area contributed by atoms with Gasteiger partial charge in [0.2, 0.25) is 0 Å². The molecule has 0 amide bonds. The molecule has 0 saturated carbocycles. The van der Waals surface area contributed by atoms with Crippen LogP contribution in [0.2, 0.25) is 5.02 Å². The van der Waals surface area contributed by atoms with Crippen LogP contribution in [0.3, 0.4) is 0 Å². The predicted octanol–water partition coefficient (Wildman–Crippen LogP) is 4.20. The zero-order valence-corrected chi connectivity index (χ0v) is 14.7. The van der Waals surface area contributed by atoms with Gasteiger partial charge in [0.1, 0.15) is 5.75 Å². The zero-order chi connectivity index (χ0) is 20.2. The van der Waals surface area contributed by atoms with Gasteiger partial charge in [-0.15, -0.1) is 0 Å². The van der Waals surface area contributed by atoms with Crippen LogP contribution in [0.15, 0.2) is 36.4 Å². The van der Waals surface area contributed by atoms with Crippen LogP contribution >= 0.6 is 11.6 Å². The molecule has 0 fully saturated rings. The van der Waals surface area contributed by atoms with Crippen LogP contribution in [0.5, 0.6) is 5.75 Å². The van der Waals surface area contributed by atoms with Gasteiger partial charge >= 0.3 is 18.1 Å². The van der Waals surface area contributed by atoms with Crippen LogP contribution in [0.1, 0.15) is 11.1 Å². The summed E-state index contributed by atoms with van der Waals surface area (Å²) >= 11 is 6.19. The Morgan fingerprint density at radius 1 is 1.11 bits per heavy atom. The van der Waals surface area contributed by atoms with Crippen LogP contribution in [0.25, 0.3) is 11.1 Å². The average molecular weight is 403 g/mol. The molecule has 0 aliphatic rings. The molecular formula is C18H14ClF3O5. The third-order valence-electron chi connectivity index (χ3n) is 3.56. The van der Waals surface area contributed by atoms with E-state index in [-0.39, 0.29) is 28.3 Å². The highest BCUT2D eigenvalue weighted by Gasteiger charge is 2.31. The Labute approximate surface area is 157 Å². The van der Waals surface area contributed by atoms with Gasteiger partial charge in [0.25, 0.3) is 0 Å². The van der Waals surface area contributed by atoms with E-state index >= 15 is 0 Å². The van der Waals surface area contributed by atoms with Gasteiger partial charge in [0.05, 0.1) is 19.1 Å². The Kier molecular flexibility index (Phi) is 6.32. The standard InChI is InChI=1S/C18H14ClF3O5/c1-26-17(25)7-10-2-4-12(14(19)6-10)13-8-11(18(20,21)22)3-5-15(13)27-9-16(23)24/h2-6,8H,7,9H2,1H3,(H,23,24). The Morgan fingerprint density at radius 3 is 2.37 bits per heavy atom. The first-order valence-corrected chi connectivity index (χ1v) is 7.91. The molecule has 144 valence electrons. The SMILES string of the molecule is COC(=O)Cc1ccc(-c2cc(C(F)(F)F)ccc2OCC(=O)O)c(Cl)c1. The lowest BCUT2D eigenvalue weighted by atomic mass is 9.99. The second-order valence-corrected chi connectivity index (χ2v) is 5.87. The average Bonchev–Trinajstić information content (AvgIpc) is 2.59. The normalized spacial score (nSPS) is 11.1. The molecule has 0 aliphatic heterocycles. The highest BCUT2D eigenvalue weighted by atomic mass is 35.5. The van der Waals surface area contributed by atoms with Gasteiger partial charge < -0.3 is 14.6 Å². The number of carbonyl (C=O) groups excluding carboxylic acids is 1. The van der Waals surface area contributed by atoms with Crippen LogP contribution in [0.4, 0.5) is 13.2 Å². The third-order valence-corrected chi connectivity index (χ3v) is 3.87. The molecule has 0 unspecified atom stereocenters. The van der Waals surface area contributed by atoms with Gasteiger partial charge in [0.15, 0.2) is 6.61 Å². The molecule has 5 nitrogen and oxygen atoms in total. The Balaban J connectivity index is 2.50. The summed E-state index contributed by atoms with van der Waals surface area (Å²) in [6, 6.07) is 7.04. The quantitative estimate of drug-likeness (QED) is 0.733. The summed E-state index contributed by atoms with van der Waals surface area (Å²) in [6.45, 7) is -0.726. The van der Waals surface area contributed by atoms with Gasteiger partial charge in [-0.05, 0) is 29.8 Å². The van der Waals surface area contributed by atoms with Crippen molar-refractivity contribution in [3.63, 3.8) is 0 Å². The van der Waals surface area contributed by atoms with E-state index in [2.05, 4.69) is 4.74 Å². The number of methoxy groups -OCH3 is 1. The summed E-state index contributed by atoms with van der Waals surface area (Å²) in [6.07, 6.45) is -4.65. The van der Waals surface area contributed by atoms with Crippen molar-refractivity contribution in [2.45, 2.75) is 12.6 Å². The molecule has 0 spiro atoms. The van der Waals surface area contributed by atoms with Crippen LogP contribution < -0.4 is 4.74 Å². The van der Waals surface area contributed by atoms with E-state index in [1.165, 1.54) is 25.3 Å². The second-order valence-electron chi connectivity index (χ2n) is 5.46. The number of carboxylic acid groups (broad SMARTS) is 1. The Morgan fingerprint density at radius 2 is 1.81 bits per heavy atom. The molecule has 0 heterocycles. The van der Waals surface area contributed by atoms with Crippen molar-refractivity contribution in [3.05, 3.63) is 52.5 Å². The first-order valence-electron chi connectivity index (χ1n) is 7.53. The van der Waals surface area contributed by atoms with E-state index in [0.717, 1.165) is 18.2 Å². The fourth-order valence-corrected chi connectivity index (χ4v) is 2.61. The minimum atomic E-state index is -4.60. The molecule has 2 rings (SSSR count). The fraction of sp³-hybridized carbons (Fsp3) is 0.222.